The second kappa shape index (κ2) is 5.67. The van der Waals surface area contributed by atoms with Gasteiger partial charge in [-0.15, -0.1) is 0 Å². The van der Waals surface area contributed by atoms with E-state index in [1.807, 2.05) is 17.9 Å². The predicted molar refractivity (Wildman–Crippen MR) is 78.9 cm³/mol. The number of aryl methyl sites for hydroxylation is 2. The summed E-state index contributed by atoms with van der Waals surface area (Å²) in [5.41, 5.74) is 4.10. The summed E-state index contributed by atoms with van der Waals surface area (Å²) in [5.74, 6) is 0.955. The molecule has 0 saturated carbocycles. The first-order valence-corrected chi connectivity index (χ1v) is 7.12. The Morgan fingerprint density at radius 2 is 2.25 bits per heavy atom. The van der Waals surface area contributed by atoms with Crippen LogP contribution in [0, 0.1) is 0 Å². The van der Waals surface area contributed by atoms with Crippen molar-refractivity contribution in [1.82, 2.24) is 15.1 Å². The highest BCUT2D eigenvalue weighted by Gasteiger charge is 2.18. The molecular weight excluding hydrogens is 250 g/mol. The Morgan fingerprint density at radius 3 is 3.00 bits per heavy atom. The molecule has 0 amide bonds. The van der Waals surface area contributed by atoms with E-state index in [1.54, 1.807) is 7.11 Å². The summed E-state index contributed by atoms with van der Waals surface area (Å²) in [5, 5.41) is 7.84. The largest absolute Gasteiger partial charge is 0.497 e. The van der Waals surface area contributed by atoms with Gasteiger partial charge in [0.1, 0.15) is 5.75 Å². The average Bonchev–Trinajstić information content (AvgIpc) is 2.89. The van der Waals surface area contributed by atoms with Gasteiger partial charge in [-0.2, -0.15) is 5.10 Å². The molecule has 1 aromatic carbocycles. The van der Waals surface area contributed by atoms with Gasteiger partial charge in [0.05, 0.1) is 12.8 Å². The molecule has 0 saturated heterocycles. The van der Waals surface area contributed by atoms with Gasteiger partial charge in [-0.25, -0.2) is 0 Å². The Labute approximate surface area is 119 Å². The molecule has 2 aromatic rings. The zero-order valence-electron chi connectivity index (χ0n) is 12.1. The minimum absolute atomic E-state index is 0.532. The molecule has 0 bridgehead atoms. The fourth-order valence-electron chi connectivity index (χ4n) is 2.86. The molecule has 20 heavy (non-hydrogen) atoms. The molecule has 1 aromatic heterocycles. The van der Waals surface area contributed by atoms with Crippen LogP contribution in [0.1, 0.15) is 23.2 Å². The van der Waals surface area contributed by atoms with Gasteiger partial charge >= 0.3 is 0 Å². The number of hydrogen-bond acceptors (Lipinski definition) is 3. The molecule has 1 N–H and O–H groups in total. The monoisotopic (exact) mass is 271 g/mol. The fraction of sp³-hybridized carbons (Fsp3) is 0.438. The quantitative estimate of drug-likeness (QED) is 0.925. The number of benzene rings is 1. The van der Waals surface area contributed by atoms with Crippen LogP contribution < -0.4 is 10.1 Å². The van der Waals surface area contributed by atoms with E-state index in [-0.39, 0.29) is 0 Å². The Morgan fingerprint density at radius 1 is 1.35 bits per heavy atom. The Balaban J connectivity index is 1.64. The fourth-order valence-corrected chi connectivity index (χ4v) is 2.86. The number of ether oxygens (including phenoxy) is 1. The van der Waals surface area contributed by atoms with E-state index < -0.39 is 0 Å². The third-order valence-electron chi connectivity index (χ3n) is 4.14. The van der Waals surface area contributed by atoms with Crippen LogP contribution in [0.2, 0.25) is 0 Å². The highest BCUT2D eigenvalue weighted by molar-refractivity contribution is 5.37. The third-order valence-corrected chi connectivity index (χ3v) is 4.14. The molecule has 0 spiro atoms. The van der Waals surface area contributed by atoms with Crippen molar-refractivity contribution in [1.29, 1.82) is 0 Å². The first-order chi connectivity index (χ1) is 9.76. The molecule has 1 aliphatic rings. The van der Waals surface area contributed by atoms with Gasteiger partial charge in [0.2, 0.25) is 0 Å². The van der Waals surface area contributed by atoms with Gasteiger partial charge in [-0.1, -0.05) is 6.07 Å². The molecular formula is C16H21N3O. The molecule has 4 heteroatoms. The lowest BCUT2D eigenvalue weighted by atomic mass is 9.88. The van der Waals surface area contributed by atoms with Crippen molar-refractivity contribution in [3.63, 3.8) is 0 Å². The Kier molecular flexibility index (Phi) is 3.74. The summed E-state index contributed by atoms with van der Waals surface area (Å²) in [6.07, 6.45) is 5.25. The number of aromatic nitrogens is 2. The summed E-state index contributed by atoms with van der Waals surface area (Å²) in [7, 11) is 3.71. The van der Waals surface area contributed by atoms with Crippen LogP contribution >= 0.6 is 0 Å². The SMILES string of the molecule is COc1ccc2c(c1)CC(NCc1ccnn1C)CC2. The van der Waals surface area contributed by atoms with Crippen LogP contribution in [-0.2, 0) is 26.4 Å². The van der Waals surface area contributed by atoms with Crippen molar-refractivity contribution in [3.8, 4) is 5.75 Å². The second-order valence-electron chi connectivity index (χ2n) is 5.40. The zero-order valence-corrected chi connectivity index (χ0v) is 12.1. The first-order valence-electron chi connectivity index (χ1n) is 7.12. The van der Waals surface area contributed by atoms with Crippen molar-refractivity contribution in [2.45, 2.75) is 31.8 Å². The second-order valence-corrected chi connectivity index (χ2v) is 5.40. The van der Waals surface area contributed by atoms with Gasteiger partial charge in [0.15, 0.2) is 0 Å². The van der Waals surface area contributed by atoms with Crippen molar-refractivity contribution in [2.75, 3.05) is 7.11 Å². The zero-order chi connectivity index (χ0) is 13.9. The van der Waals surface area contributed by atoms with E-state index in [4.69, 9.17) is 4.74 Å². The number of nitrogens with one attached hydrogen (secondary N) is 1. The van der Waals surface area contributed by atoms with Crippen LogP contribution in [0.4, 0.5) is 0 Å². The van der Waals surface area contributed by atoms with Gasteiger partial charge in [0.25, 0.3) is 0 Å². The van der Waals surface area contributed by atoms with Crippen LogP contribution in [0.3, 0.4) is 0 Å². The summed E-state index contributed by atoms with van der Waals surface area (Å²) >= 11 is 0. The molecule has 1 heterocycles. The first kappa shape index (κ1) is 13.2. The molecule has 106 valence electrons. The molecule has 0 radical (unpaired) electrons. The molecule has 0 fully saturated rings. The maximum absolute atomic E-state index is 5.32. The third kappa shape index (κ3) is 2.70. The van der Waals surface area contributed by atoms with Crippen molar-refractivity contribution in [2.24, 2.45) is 7.05 Å². The van der Waals surface area contributed by atoms with E-state index in [0.29, 0.717) is 6.04 Å². The highest BCUT2D eigenvalue weighted by atomic mass is 16.5. The average molecular weight is 271 g/mol. The molecule has 3 rings (SSSR count). The number of nitrogens with zero attached hydrogens (tertiary/aromatic N) is 2. The molecule has 0 aliphatic heterocycles. The summed E-state index contributed by atoms with van der Waals surface area (Å²) in [6, 6.07) is 9.03. The van der Waals surface area contributed by atoms with Crippen LogP contribution in [0.25, 0.3) is 0 Å². The van der Waals surface area contributed by atoms with Crippen molar-refractivity contribution >= 4 is 0 Å². The number of rotatable bonds is 4. The van der Waals surface area contributed by atoms with Gasteiger partial charge in [-0.3, -0.25) is 4.68 Å². The van der Waals surface area contributed by atoms with Gasteiger partial charge < -0.3 is 10.1 Å². The lowest BCUT2D eigenvalue weighted by Gasteiger charge is -2.26. The summed E-state index contributed by atoms with van der Waals surface area (Å²) in [6.45, 7) is 0.875. The Hall–Kier alpha value is -1.81. The maximum atomic E-state index is 5.32. The van der Waals surface area contributed by atoms with Gasteiger partial charge in [0, 0.05) is 25.8 Å². The topological polar surface area (TPSA) is 39.1 Å². The standard InChI is InChI=1S/C16H21N3O/c1-19-15(7-8-18-19)11-17-14-5-3-12-4-6-16(20-2)10-13(12)9-14/h4,6-8,10,14,17H,3,5,9,11H2,1-2H3. The van der Waals surface area contributed by atoms with Crippen LogP contribution in [0.15, 0.2) is 30.5 Å². The van der Waals surface area contributed by atoms with Crippen molar-refractivity contribution in [3.05, 3.63) is 47.3 Å². The minimum atomic E-state index is 0.532. The van der Waals surface area contributed by atoms with Crippen molar-refractivity contribution < 1.29 is 4.74 Å². The minimum Gasteiger partial charge on any atom is -0.497 e. The molecule has 4 nitrogen and oxygen atoms in total. The smallest absolute Gasteiger partial charge is 0.119 e. The van der Waals surface area contributed by atoms with Crippen LogP contribution in [0.5, 0.6) is 5.75 Å². The summed E-state index contributed by atoms with van der Waals surface area (Å²) in [4.78, 5) is 0. The highest BCUT2D eigenvalue weighted by Crippen LogP contribution is 2.25. The normalized spacial score (nSPS) is 17.8. The summed E-state index contributed by atoms with van der Waals surface area (Å²) < 4.78 is 7.24. The number of methoxy groups -OCH3 is 1. The maximum Gasteiger partial charge on any atom is 0.119 e. The van der Waals surface area contributed by atoms with E-state index in [1.165, 1.54) is 23.2 Å². The lowest BCUT2D eigenvalue weighted by molar-refractivity contribution is 0.410. The molecule has 1 unspecified atom stereocenters. The Bertz CT molecular complexity index is 591. The van der Waals surface area contributed by atoms with E-state index in [9.17, 15) is 0 Å². The lowest BCUT2D eigenvalue weighted by Crippen LogP contribution is -2.34. The molecule has 1 aliphatic carbocycles. The number of fused-ring (bicyclic) bond motifs is 1. The number of hydrogen-bond donors (Lipinski definition) is 1. The molecule has 1 atom stereocenters. The van der Waals surface area contributed by atoms with E-state index in [2.05, 4.69) is 34.7 Å². The predicted octanol–water partition coefficient (Wildman–Crippen LogP) is 2.08. The van der Waals surface area contributed by atoms with E-state index in [0.717, 1.165) is 25.1 Å². The van der Waals surface area contributed by atoms with Gasteiger partial charge in [-0.05, 0) is 48.6 Å². The van der Waals surface area contributed by atoms with E-state index >= 15 is 0 Å². The van der Waals surface area contributed by atoms with Crippen LogP contribution in [-0.4, -0.2) is 22.9 Å².